The number of nitrogens with zero attached hydrogens (tertiary/aromatic N) is 1. The van der Waals surface area contributed by atoms with Gasteiger partial charge in [-0.05, 0) is 60.4 Å². The van der Waals surface area contributed by atoms with E-state index >= 15 is 0 Å². The molecule has 0 aliphatic rings. The summed E-state index contributed by atoms with van der Waals surface area (Å²) >= 11 is 0. The molecule has 1 atom stereocenters. The number of carbonyl (C=O) groups is 2. The number of aryl methyl sites for hydroxylation is 2. The van der Waals surface area contributed by atoms with Gasteiger partial charge in [0, 0.05) is 20.0 Å². The zero-order valence-electron chi connectivity index (χ0n) is 19.2. The van der Waals surface area contributed by atoms with Gasteiger partial charge in [-0.1, -0.05) is 48.5 Å². The molecule has 0 radical (unpaired) electrons. The molecule has 0 saturated carbocycles. The van der Waals surface area contributed by atoms with E-state index in [1.807, 2.05) is 62.4 Å². The summed E-state index contributed by atoms with van der Waals surface area (Å²) in [4.78, 5) is 27.7. The fourth-order valence-corrected chi connectivity index (χ4v) is 3.75. The normalized spacial score (nSPS) is 11.5. The summed E-state index contributed by atoms with van der Waals surface area (Å²) in [5.74, 6) is -0.368. The van der Waals surface area contributed by atoms with Crippen LogP contribution in [0.5, 0.6) is 5.75 Å². The Morgan fingerprint density at radius 3 is 2.18 bits per heavy atom. The molecule has 2 amide bonds. The highest BCUT2D eigenvalue weighted by Crippen LogP contribution is 2.18. The van der Waals surface area contributed by atoms with Crippen molar-refractivity contribution in [2.45, 2.75) is 32.9 Å². The first-order chi connectivity index (χ1) is 15.9. The monoisotopic (exact) mass is 448 g/mol. The Morgan fingerprint density at radius 2 is 1.58 bits per heavy atom. The molecule has 3 aromatic rings. The van der Waals surface area contributed by atoms with Gasteiger partial charge in [0.2, 0.25) is 5.91 Å². The van der Waals surface area contributed by atoms with Crippen molar-refractivity contribution >= 4 is 11.8 Å². The van der Waals surface area contributed by atoms with Gasteiger partial charge in [-0.2, -0.15) is 0 Å². The average molecular weight is 449 g/mol. The first-order valence-corrected chi connectivity index (χ1v) is 10.9. The predicted molar refractivity (Wildman–Crippen MR) is 126 cm³/mol. The van der Waals surface area contributed by atoms with Crippen LogP contribution in [-0.4, -0.2) is 36.4 Å². The highest BCUT2D eigenvalue weighted by molar-refractivity contribution is 5.88. The van der Waals surface area contributed by atoms with Crippen molar-refractivity contribution in [1.82, 2.24) is 10.2 Å². The van der Waals surface area contributed by atoms with E-state index in [0.717, 1.165) is 22.3 Å². The first-order valence-electron chi connectivity index (χ1n) is 10.9. The van der Waals surface area contributed by atoms with Gasteiger partial charge in [-0.15, -0.1) is 0 Å². The zero-order valence-corrected chi connectivity index (χ0v) is 19.2. The van der Waals surface area contributed by atoms with Crippen LogP contribution in [0, 0.1) is 19.7 Å². The molecular weight excluding hydrogens is 419 g/mol. The standard InChI is InChI=1S/C27H29FN2O3/c1-19-13-20(2)15-24(14-19)33-18-26(31)30(17-22-9-11-23(28)12-10-22)25(27(32)29-3)16-21-7-5-4-6-8-21/h4-15,25H,16-18H2,1-3H3,(H,29,32)/t25-/m0/s1. The van der Waals surface area contributed by atoms with Crippen LogP contribution < -0.4 is 10.1 Å². The summed E-state index contributed by atoms with van der Waals surface area (Å²) in [7, 11) is 1.55. The molecule has 3 aromatic carbocycles. The quantitative estimate of drug-likeness (QED) is 0.534. The molecule has 0 aromatic heterocycles. The minimum absolute atomic E-state index is 0.153. The molecule has 0 unspecified atom stereocenters. The summed E-state index contributed by atoms with van der Waals surface area (Å²) in [6.45, 7) is 3.86. The summed E-state index contributed by atoms with van der Waals surface area (Å²) in [6, 6.07) is 20.4. The third-order valence-corrected chi connectivity index (χ3v) is 5.34. The van der Waals surface area contributed by atoms with Crippen LogP contribution in [0.25, 0.3) is 0 Å². The van der Waals surface area contributed by atoms with Crippen LogP contribution in [0.1, 0.15) is 22.3 Å². The van der Waals surface area contributed by atoms with Crippen molar-refractivity contribution in [3.05, 3.63) is 101 Å². The largest absolute Gasteiger partial charge is 0.484 e. The van der Waals surface area contributed by atoms with Crippen molar-refractivity contribution < 1.29 is 18.7 Å². The Kier molecular flexibility index (Phi) is 8.19. The molecule has 0 aliphatic heterocycles. The van der Waals surface area contributed by atoms with Crippen LogP contribution >= 0.6 is 0 Å². The molecule has 0 spiro atoms. The maximum absolute atomic E-state index is 13.4. The molecule has 3 rings (SSSR count). The highest BCUT2D eigenvalue weighted by atomic mass is 19.1. The van der Waals surface area contributed by atoms with Crippen LogP contribution in [0.2, 0.25) is 0 Å². The van der Waals surface area contributed by atoms with Crippen molar-refractivity contribution in [2.75, 3.05) is 13.7 Å². The van der Waals surface area contributed by atoms with Gasteiger partial charge < -0.3 is 15.0 Å². The second-order valence-corrected chi connectivity index (χ2v) is 8.08. The number of likely N-dealkylation sites (N-methyl/N-ethyl adjacent to an activating group) is 1. The maximum Gasteiger partial charge on any atom is 0.261 e. The lowest BCUT2D eigenvalue weighted by Gasteiger charge is -2.31. The zero-order chi connectivity index (χ0) is 23.8. The SMILES string of the molecule is CNC(=O)[C@H](Cc1ccccc1)N(Cc1ccc(F)cc1)C(=O)COc1cc(C)cc(C)c1. The minimum atomic E-state index is -0.752. The number of amides is 2. The molecule has 0 fully saturated rings. The second-order valence-electron chi connectivity index (χ2n) is 8.08. The number of rotatable bonds is 9. The minimum Gasteiger partial charge on any atom is -0.484 e. The predicted octanol–water partition coefficient (Wildman–Crippen LogP) is 4.21. The van der Waals surface area contributed by atoms with Crippen LogP contribution in [-0.2, 0) is 22.6 Å². The van der Waals surface area contributed by atoms with Crippen molar-refractivity contribution in [3.63, 3.8) is 0 Å². The average Bonchev–Trinajstić information content (AvgIpc) is 2.80. The van der Waals surface area contributed by atoms with Gasteiger partial charge in [0.25, 0.3) is 5.91 Å². The lowest BCUT2D eigenvalue weighted by molar-refractivity contribution is -0.142. The Bertz CT molecular complexity index is 1060. The fraction of sp³-hybridized carbons (Fsp3) is 0.259. The number of hydrogen-bond acceptors (Lipinski definition) is 3. The third-order valence-electron chi connectivity index (χ3n) is 5.34. The van der Waals surface area contributed by atoms with Crippen molar-refractivity contribution in [3.8, 4) is 5.75 Å². The molecule has 1 N–H and O–H groups in total. The summed E-state index contributed by atoms with van der Waals surface area (Å²) in [6.07, 6.45) is 0.344. The molecule has 0 aliphatic carbocycles. The van der Waals surface area contributed by atoms with Crippen molar-refractivity contribution in [1.29, 1.82) is 0 Å². The molecular formula is C27H29FN2O3. The van der Waals surface area contributed by atoms with E-state index in [2.05, 4.69) is 5.32 Å². The third kappa shape index (κ3) is 6.91. The van der Waals surface area contributed by atoms with E-state index in [1.165, 1.54) is 17.0 Å². The molecule has 6 heteroatoms. The molecule has 0 bridgehead atoms. The smallest absolute Gasteiger partial charge is 0.261 e. The Balaban J connectivity index is 1.87. The van der Waals surface area contributed by atoms with E-state index in [-0.39, 0.29) is 30.8 Å². The molecule has 172 valence electrons. The van der Waals surface area contributed by atoms with E-state index in [1.54, 1.807) is 19.2 Å². The van der Waals surface area contributed by atoms with Gasteiger partial charge in [0.1, 0.15) is 17.6 Å². The molecule has 0 heterocycles. The summed E-state index contributed by atoms with van der Waals surface area (Å²) in [5.41, 5.74) is 3.72. The lowest BCUT2D eigenvalue weighted by Crippen LogP contribution is -2.51. The van der Waals surface area contributed by atoms with Crippen LogP contribution in [0.4, 0.5) is 4.39 Å². The molecule has 5 nitrogen and oxygen atoms in total. The summed E-state index contributed by atoms with van der Waals surface area (Å²) < 4.78 is 19.2. The number of nitrogens with one attached hydrogen (secondary N) is 1. The molecule has 33 heavy (non-hydrogen) atoms. The Hall–Kier alpha value is -3.67. The number of hydrogen-bond donors (Lipinski definition) is 1. The Labute approximate surface area is 194 Å². The van der Waals surface area contributed by atoms with Crippen LogP contribution in [0.3, 0.4) is 0 Å². The Morgan fingerprint density at radius 1 is 0.939 bits per heavy atom. The van der Waals surface area contributed by atoms with E-state index in [4.69, 9.17) is 4.74 Å². The van der Waals surface area contributed by atoms with Gasteiger partial charge in [-0.3, -0.25) is 9.59 Å². The van der Waals surface area contributed by atoms with Crippen LogP contribution in [0.15, 0.2) is 72.8 Å². The number of benzene rings is 3. The lowest BCUT2D eigenvalue weighted by atomic mass is 10.0. The second kappa shape index (κ2) is 11.3. The van der Waals surface area contributed by atoms with E-state index < -0.39 is 6.04 Å². The van der Waals surface area contributed by atoms with Gasteiger partial charge in [0.15, 0.2) is 6.61 Å². The first kappa shape index (κ1) is 24.0. The fourth-order valence-electron chi connectivity index (χ4n) is 3.75. The summed E-state index contributed by atoms with van der Waals surface area (Å²) in [5, 5.41) is 2.67. The highest BCUT2D eigenvalue weighted by Gasteiger charge is 2.30. The van der Waals surface area contributed by atoms with E-state index in [9.17, 15) is 14.0 Å². The number of carbonyl (C=O) groups excluding carboxylic acids is 2. The molecule has 0 saturated heterocycles. The van der Waals surface area contributed by atoms with E-state index in [0.29, 0.717) is 12.2 Å². The van der Waals surface area contributed by atoms with Gasteiger partial charge >= 0.3 is 0 Å². The topological polar surface area (TPSA) is 58.6 Å². The van der Waals surface area contributed by atoms with Crippen molar-refractivity contribution in [2.24, 2.45) is 0 Å². The maximum atomic E-state index is 13.4. The van der Waals surface area contributed by atoms with Gasteiger partial charge in [0.05, 0.1) is 0 Å². The number of halogens is 1. The van der Waals surface area contributed by atoms with Gasteiger partial charge in [-0.25, -0.2) is 4.39 Å². The number of ether oxygens (including phenoxy) is 1.